The predicted molar refractivity (Wildman–Crippen MR) is 86.2 cm³/mol. The standard InChI is InChI=1S/C14H21N3O3S/c1-5-8-16-12(18)11-10(15)9(14(19)20-4)13(21-11)17(6-2)7-3/h5H,1,6-8,15H2,2-4H3,(H,16,18). The molecule has 0 radical (unpaired) electrons. The summed E-state index contributed by atoms with van der Waals surface area (Å²) >= 11 is 1.20. The van der Waals surface area contributed by atoms with Gasteiger partial charge in [-0.25, -0.2) is 4.79 Å². The molecule has 0 atom stereocenters. The number of hydrogen-bond acceptors (Lipinski definition) is 6. The molecule has 0 saturated heterocycles. The second kappa shape index (κ2) is 7.68. The molecule has 1 rings (SSSR count). The van der Waals surface area contributed by atoms with Crippen molar-refractivity contribution in [3.05, 3.63) is 23.1 Å². The lowest BCUT2D eigenvalue weighted by Gasteiger charge is -2.20. The van der Waals surface area contributed by atoms with Crippen molar-refractivity contribution in [2.45, 2.75) is 13.8 Å². The van der Waals surface area contributed by atoms with Gasteiger partial charge in [-0.2, -0.15) is 0 Å². The number of hydrogen-bond donors (Lipinski definition) is 2. The molecule has 0 aliphatic rings. The number of nitrogen functional groups attached to an aromatic ring is 1. The molecule has 0 aliphatic heterocycles. The molecule has 0 aliphatic carbocycles. The van der Waals surface area contributed by atoms with Crippen molar-refractivity contribution in [1.82, 2.24) is 5.32 Å². The quantitative estimate of drug-likeness (QED) is 0.593. The molecule has 0 saturated carbocycles. The maximum absolute atomic E-state index is 12.1. The number of carbonyl (C=O) groups excluding carboxylic acids is 2. The summed E-state index contributed by atoms with van der Waals surface area (Å²) in [5.41, 5.74) is 6.42. The van der Waals surface area contributed by atoms with E-state index < -0.39 is 5.97 Å². The summed E-state index contributed by atoms with van der Waals surface area (Å²) in [4.78, 5) is 26.4. The van der Waals surface area contributed by atoms with Crippen molar-refractivity contribution in [2.24, 2.45) is 0 Å². The number of nitrogens with one attached hydrogen (secondary N) is 1. The van der Waals surface area contributed by atoms with Crippen LogP contribution in [0.3, 0.4) is 0 Å². The van der Waals surface area contributed by atoms with Crippen LogP contribution in [0, 0.1) is 0 Å². The lowest BCUT2D eigenvalue weighted by Crippen LogP contribution is -2.23. The molecule has 7 heteroatoms. The largest absolute Gasteiger partial charge is 0.465 e. The number of rotatable bonds is 7. The number of nitrogens with two attached hydrogens (primary N) is 1. The third-order valence-corrected chi connectivity index (χ3v) is 4.25. The Bertz CT molecular complexity index is 536. The van der Waals surface area contributed by atoms with E-state index in [2.05, 4.69) is 11.9 Å². The van der Waals surface area contributed by atoms with E-state index in [1.807, 2.05) is 18.7 Å². The first-order chi connectivity index (χ1) is 10.0. The van der Waals surface area contributed by atoms with Crippen molar-refractivity contribution in [3.63, 3.8) is 0 Å². The van der Waals surface area contributed by atoms with Crippen LogP contribution >= 0.6 is 11.3 Å². The number of ether oxygens (including phenoxy) is 1. The van der Waals surface area contributed by atoms with E-state index in [1.54, 1.807) is 6.08 Å². The van der Waals surface area contributed by atoms with Gasteiger partial charge in [-0.3, -0.25) is 4.79 Å². The second-order valence-corrected chi connectivity index (χ2v) is 5.19. The highest BCUT2D eigenvalue weighted by Gasteiger charge is 2.28. The van der Waals surface area contributed by atoms with Crippen LogP contribution in [-0.2, 0) is 4.74 Å². The van der Waals surface area contributed by atoms with E-state index in [9.17, 15) is 9.59 Å². The molecule has 0 spiro atoms. The van der Waals surface area contributed by atoms with Crippen molar-refractivity contribution in [3.8, 4) is 0 Å². The van der Waals surface area contributed by atoms with E-state index in [1.165, 1.54) is 18.4 Å². The summed E-state index contributed by atoms with van der Waals surface area (Å²) in [5.74, 6) is -0.852. The fourth-order valence-corrected chi connectivity index (χ4v) is 3.13. The van der Waals surface area contributed by atoms with Crippen molar-refractivity contribution >= 4 is 33.9 Å². The van der Waals surface area contributed by atoms with Gasteiger partial charge in [-0.1, -0.05) is 6.08 Å². The SMILES string of the molecule is C=CCNC(=O)c1sc(N(CC)CC)c(C(=O)OC)c1N. The molecule has 0 aromatic carbocycles. The number of anilines is 2. The van der Waals surface area contributed by atoms with Gasteiger partial charge in [-0.05, 0) is 13.8 Å². The van der Waals surface area contributed by atoms with Crippen LogP contribution in [0.25, 0.3) is 0 Å². The van der Waals surface area contributed by atoms with E-state index in [-0.39, 0.29) is 17.2 Å². The Balaban J connectivity index is 3.32. The number of carbonyl (C=O) groups is 2. The van der Waals surface area contributed by atoms with Gasteiger partial charge >= 0.3 is 5.97 Å². The van der Waals surface area contributed by atoms with Crippen molar-refractivity contribution in [1.29, 1.82) is 0 Å². The molecule has 116 valence electrons. The molecular weight excluding hydrogens is 290 g/mol. The maximum Gasteiger partial charge on any atom is 0.343 e. The average molecular weight is 311 g/mol. The summed E-state index contributed by atoms with van der Waals surface area (Å²) in [6.45, 7) is 9.23. The fraction of sp³-hybridized carbons (Fsp3) is 0.429. The molecule has 1 heterocycles. The number of nitrogens with zero attached hydrogens (tertiary/aromatic N) is 1. The van der Waals surface area contributed by atoms with Gasteiger partial charge in [0.25, 0.3) is 5.91 Å². The summed E-state index contributed by atoms with van der Waals surface area (Å²) in [7, 11) is 1.29. The minimum absolute atomic E-state index is 0.162. The molecule has 0 fully saturated rings. The van der Waals surface area contributed by atoms with Crippen molar-refractivity contribution in [2.75, 3.05) is 37.4 Å². The molecule has 6 nitrogen and oxygen atoms in total. The first-order valence-corrected chi connectivity index (χ1v) is 7.47. The minimum atomic E-state index is -0.534. The van der Waals surface area contributed by atoms with Gasteiger partial charge < -0.3 is 20.7 Å². The predicted octanol–water partition coefficient (Wildman–Crippen LogP) is 1.88. The highest BCUT2D eigenvalue weighted by atomic mass is 32.1. The molecule has 0 unspecified atom stereocenters. The van der Waals surface area contributed by atoms with E-state index in [0.717, 1.165) is 0 Å². The Labute approximate surface area is 128 Å². The minimum Gasteiger partial charge on any atom is -0.465 e. The van der Waals surface area contributed by atoms with Gasteiger partial charge in [0.2, 0.25) is 0 Å². The average Bonchev–Trinajstić information content (AvgIpc) is 2.83. The number of amides is 1. The Hall–Kier alpha value is -2.02. The third kappa shape index (κ3) is 3.55. The Kier molecular flexibility index (Phi) is 6.23. The van der Waals surface area contributed by atoms with Crippen molar-refractivity contribution < 1.29 is 14.3 Å². The fourth-order valence-electron chi connectivity index (χ4n) is 1.88. The molecule has 3 N–H and O–H groups in total. The zero-order chi connectivity index (χ0) is 16.0. The van der Waals surface area contributed by atoms with Crippen LogP contribution in [0.5, 0.6) is 0 Å². The van der Waals surface area contributed by atoms with Gasteiger partial charge in [0, 0.05) is 19.6 Å². The summed E-state index contributed by atoms with van der Waals surface area (Å²) in [6, 6.07) is 0. The normalized spacial score (nSPS) is 10.0. The molecule has 1 aromatic heterocycles. The smallest absolute Gasteiger partial charge is 0.343 e. The molecule has 0 bridgehead atoms. The van der Waals surface area contributed by atoms with Crippen LogP contribution in [0.2, 0.25) is 0 Å². The zero-order valence-electron chi connectivity index (χ0n) is 12.6. The first-order valence-electron chi connectivity index (χ1n) is 6.66. The van der Waals surface area contributed by atoms with E-state index >= 15 is 0 Å². The monoisotopic (exact) mass is 311 g/mol. The van der Waals surface area contributed by atoms with Gasteiger partial charge in [-0.15, -0.1) is 17.9 Å². The summed E-state index contributed by atoms with van der Waals surface area (Å²) in [6.07, 6.45) is 1.58. The lowest BCUT2D eigenvalue weighted by molar-refractivity contribution is 0.0603. The summed E-state index contributed by atoms with van der Waals surface area (Å²) < 4.78 is 4.78. The Morgan fingerprint density at radius 2 is 2.05 bits per heavy atom. The van der Waals surface area contributed by atoms with E-state index in [4.69, 9.17) is 10.5 Å². The number of esters is 1. The topological polar surface area (TPSA) is 84.7 Å². The second-order valence-electron chi connectivity index (χ2n) is 4.19. The molecule has 1 amide bonds. The highest BCUT2D eigenvalue weighted by Crippen LogP contribution is 2.38. The molecular formula is C14H21N3O3S. The first kappa shape index (κ1) is 17.0. The highest BCUT2D eigenvalue weighted by molar-refractivity contribution is 7.19. The van der Waals surface area contributed by atoms with Gasteiger partial charge in [0.05, 0.1) is 12.8 Å². The maximum atomic E-state index is 12.1. The van der Waals surface area contributed by atoms with Gasteiger partial charge in [0.15, 0.2) is 0 Å². The molecule has 21 heavy (non-hydrogen) atoms. The molecule has 1 aromatic rings. The lowest BCUT2D eigenvalue weighted by atomic mass is 10.2. The van der Waals surface area contributed by atoms with Crippen LogP contribution < -0.4 is 16.0 Å². The number of thiophene rings is 1. The van der Waals surface area contributed by atoms with Crippen LogP contribution in [0.1, 0.15) is 33.9 Å². The van der Waals surface area contributed by atoms with Crippen LogP contribution in [-0.4, -0.2) is 38.6 Å². The zero-order valence-corrected chi connectivity index (χ0v) is 13.4. The summed E-state index contributed by atoms with van der Waals surface area (Å²) in [5, 5.41) is 3.32. The Morgan fingerprint density at radius 1 is 1.43 bits per heavy atom. The van der Waals surface area contributed by atoms with Crippen LogP contribution in [0.4, 0.5) is 10.7 Å². The van der Waals surface area contributed by atoms with E-state index in [0.29, 0.717) is 29.5 Å². The van der Waals surface area contributed by atoms with Crippen LogP contribution in [0.15, 0.2) is 12.7 Å². The third-order valence-electron chi connectivity index (χ3n) is 2.98. The number of methoxy groups -OCH3 is 1. The Morgan fingerprint density at radius 3 is 2.52 bits per heavy atom. The van der Waals surface area contributed by atoms with Gasteiger partial charge in [0.1, 0.15) is 15.4 Å².